The number of likely N-dealkylation sites (N-methyl/N-ethyl adjacent to an activating group) is 1. The molecule has 1 aliphatic heterocycles. The largest absolute Gasteiger partial charge is 0.368 e. The Kier molecular flexibility index (Phi) is 4.53. The molecule has 1 aromatic rings. The Morgan fingerprint density at radius 2 is 1.74 bits per heavy atom. The Morgan fingerprint density at radius 1 is 1.11 bits per heavy atom. The molecule has 1 saturated heterocycles. The fourth-order valence-electron chi connectivity index (χ4n) is 2.61. The highest BCUT2D eigenvalue weighted by Gasteiger charge is 2.19. The molecular formula is C16H27N2P. The molecule has 3 heteroatoms. The molecular weight excluding hydrogens is 251 g/mol. The van der Waals surface area contributed by atoms with Crippen LogP contribution in [0, 0.1) is 0 Å². The second kappa shape index (κ2) is 5.81. The molecule has 0 radical (unpaired) electrons. The maximum atomic E-state index is 2.92. The van der Waals surface area contributed by atoms with Gasteiger partial charge < -0.3 is 9.80 Å². The van der Waals surface area contributed by atoms with Crippen molar-refractivity contribution in [3.05, 3.63) is 23.8 Å². The molecule has 1 atom stereocenters. The topological polar surface area (TPSA) is 6.48 Å². The minimum absolute atomic E-state index is 0.227. The molecule has 0 spiro atoms. The highest BCUT2D eigenvalue weighted by atomic mass is 31.0. The zero-order chi connectivity index (χ0) is 14.0. The van der Waals surface area contributed by atoms with Gasteiger partial charge in [-0.05, 0) is 35.0 Å². The molecule has 0 aliphatic carbocycles. The van der Waals surface area contributed by atoms with Gasteiger partial charge in [-0.15, -0.1) is 9.24 Å². The number of nitrogens with zero attached hydrogens (tertiary/aromatic N) is 2. The van der Waals surface area contributed by atoms with Crippen molar-refractivity contribution >= 4 is 20.2 Å². The van der Waals surface area contributed by atoms with Crippen molar-refractivity contribution in [3.8, 4) is 0 Å². The minimum Gasteiger partial charge on any atom is -0.368 e. The van der Waals surface area contributed by atoms with E-state index in [9.17, 15) is 0 Å². The first-order valence-electron chi connectivity index (χ1n) is 7.29. The van der Waals surface area contributed by atoms with Crippen LogP contribution in [0.1, 0.15) is 33.3 Å². The third-order valence-corrected chi connectivity index (χ3v) is 4.52. The van der Waals surface area contributed by atoms with Crippen LogP contribution >= 0.6 is 9.24 Å². The lowest BCUT2D eigenvalue weighted by Gasteiger charge is -2.36. The van der Waals surface area contributed by atoms with Crippen LogP contribution in [0.25, 0.3) is 0 Å². The summed E-state index contributed by atoms with van der Waals surface area (Å²) in [6, 6.07) is 6.91. The van der Waals surface area contributed by atoms with E-state index in [2.05, 4.69) is 64.9 Å². The Morgan fingerprint density at radius 3 is 2.21 bits per heavy atom. The number of piperazine rings is 1. The number of anilines is 1. The summed E-state index contributed by atoms with van der Waals surface area (Å²) in [5.41, 5.74) is 3.02. The Hall–Kier alpha value is -0.590. The average molecular weight is 278 g/mol. The van der Waals surface area contributed by atoms with Gasteiger partial charge >= 0.3 is 0 Å². The predicted molar refractivity (Wildman–Crippen MR) is 88.8 cm³/mol. The standard InChI is InChI=1S/C16H27N2P/c1-5-17-8-10-18(11-9-17)14-7-6-13(12-15(14)19)16(2,3)4/h6-7,12H,5,8-11,19H2,1-4H3. The molecule has 2 rings (SSSR count). The van der Waals surface area contributed by atoms with Gasteiger partial charge in [-0.3, -0.25) is 0 Å². The molecule has 0 amide bonds. The van der Waals surface area contributed by atoms with E-state index in [0.29, 0.717) is 0 Å². The van der Waals surface area contributed by atoms with E-state index < -0.39 is 0 Å². The number of hydrogen-bond donors (Lipinski definition) is 0. The van der Waals surface area contributed by atoms with E-state index in [0.717, 1.165) is 13.1 Å². The van der Waals surface area contributed by atoms with Crippen molar-refractivity contribution < 1.29 is 0 Å². The van der Waals surface area contributed by atoms with Crippen LogP contribution < -0.4 is 10.2 Å². The van der Waals surface area contributed by atoms with Crippen LogP contribution in [0.3, 0.4) is 0 Å². The molecule has 0 saturated carbocycles. The van der Waals surface area contributed by atoms with Gasteiger partial charge in [-0.25, -0.2) is 0 Å². The third-order valence-electron chi connectivity index (χ3n) is 4.05. The normalized spacial score (nSPS) is 17.8. The molecule has 0 N–H and O–H groups in total. The van der Waals surface area contributed by atoms with Gasteiger partial charge in [-0.2, -0.15) is 0 Å². The predicted octanol–water partition coefficient (Wildman–Crippen LogP) is 2.63. The van der Waals surface area contributed by atoms with E-state index in [-0.39, 0.29) is 5.41 Å². The summed E-state index contributed by atoms with van der Waals surface area (Å²) >= 11 is 0. The van der Waals surface area contributed by atoms with Gasteiger partial charge in [0.25, 0.3) is 0 Å². The Bertz CT molecular complexity index is 429. The maximum Gasteiger partial charge on any atom is 0.0440 e. The average Bonchev–Trinajstić information content (AvgIpc) is 2.38. The van der Waals surface area contributed by atoms with Crippen molar-refractivity contribution in [2.24, 2.45) is 0 Å². The van der Waals surface area contributed by atoms with E-state index in [1.165, 1.54) is 36.2 Å². The van der Waals surface area contributed by atoms with Crippen molar-refractivity contribution in [1.29, 1.82) is 0 Å². The second-order valence-corrected chi connectivity index (χ2v) is 7.07. The zero-order valence-corrected chi connectivity index (χ0v) is 13.9. The summed E-state index contributed by atoms with van der Waals surface area (Å²) in [5, 5.41) is 1.33. The molecule has 1 heterocycles. The van der Waals surface area contributed by atoms with Crippen molar-refractivity contribution in [3.63, 3.8) is 0 Å². The minimum atomic E-state index is 0.227. The molecule has 1 unspecified atom stereocenters. The monoisotopic (exact) mass is 278 g/mol. The lowest BCUT2D eigenvalue weighted by atomic mass is 9.87. The molecule has 0 bridgehead atoms. The van der Waals surface area contributed by atoms with Gasteiger partial charge in [0.1, 0.15) is 0 Å². The van der Waals surface area contributed by atoms with E-state index in [1.54, 1.807) is 0 Å². The number of hydrogen-bond acceptors (Lipinski definition) is 2. The number of benzene rings is 1. The fraction of sp³-hybridized carbons (Fsp3) is 0.625. The van der Waals surface area contributed by atoms with E-state index in [4.69, 9.17) is 0 Å². The Labute approximate surface area is 120 Å². The number of rotatable bonds is 2. The molecule has 1 aromatic carbocycles. The molecule has 2 nitrogen and oxygen atoms in total. The van der Waals surface area contributed by atoms with Gasteiger partial charge in [0, 0.05) is 31.9 Å². The summed E-state index contributed by atoms with van der Waals surface area (Å²) in [4.78, 5) is 5.03. The fourth-order valence-corrected chi connectivity index (χ4v) is 3.07. The lowest BCUT2D eigenvalue weighted by molar-refractivity contribution is 0.271. The van der Waals surface area contributed by atoms with Crippen LogP contribution in [-0.4, -0.2) is 37.6 Å². The van der Waals surface area contributed by atoms with Crippen LogP contribution in [-0.2, 0) is 5.41 Å². The molecule has 19 heavy (non-hydrogen) atoms. The van der Waals surface area contributed by atoms with Gasteiger partial charge in [0.2, 0.25) is 0 Å². The first-order valence-corrected chi connectivity index (χ1v) is 7.87. The Balaban J connectivity index is 2.14. The molecule has 106 valence electrons. The van der Waals surface area contributed by atoms with E-state index in [1.807, 2.05) is 0 Å². The third kappa shape index (κ3) is 3.49. The van der Waals surface area contributed by atoms with E-state index >= 15 is 0 Å². The quantitative estimate of drug-likeness (QED) is 0.767. The van der Waals surface area contributed by atoms with Gasteiger partial charge in [0.05, 0.1) is 0 Å². The molecule has 1 fully saturated rings. The zero-order valence-electron chi connectivity index (χ0n) is 12.7. The van der Waals surface area contributed by atoms with Gasteiger partial charge in [0.15, 0.2) is 0 Å². The second-order valence-electron chi connectivity index (χ2n) is 6.44. The van der Waals surface area contributed by atoms with Gasteiger partial charge in [-0.1, -0.05) is 33.8 Å². The molecule has 0 aromatic heterocycles. The summed E-state index contributed by atoms with van der Waals surface area (Å²) in [7, 11) is 2.92. The van der Waals surface area contributed by atoms with Crippen LogP contribution in [0.2, 0.25) is 0 Å². The van der Waals surface area contributed by atoms with Crippen LogP contribution in [0.5, 0.6) is 0 Å². The maximum absolute atomic E-state index is 2.92. The first-order chi connectivity index (χ1) is 8.91. The summed E-state index contributed by atoms with van der Waals surface area (Å²) < 4.78 is 0. The van der Waals surface area contributed by atoms with Crippen LogP contribution in [0.4, 0.5) is 5.69 Å². The summed E-state index contributed by atoms with van der Waals surface area (Å²) in [6.07, 6.45) is 0. The van der Waals surface area contributed by atoms with Crippen molar-refractivity contribution in [2.45, 2.75) is 33.1 Å². The van der Waals surface area contributed by atoms with Crippen molar-refractivity contribution in [2.75, 3.05) is 37.6 Å². The summed E-state index contributed by atoms with van der Waals surface area (Å²) in [6.45, 7) is 14.9. The highest BCUT2D eigenvalue weighted by molar-refractivity contribution is 7.28. The molecule has 1 aliphatic rings. The summed E-state index contributed by atoms with van der Waals surface area (Å²) in [5.74, 6) is 0. The van der Waals surface area contributed by atoms with Crippen LogP contribution in [0.15, 0.2) is 18.2 Å². The highest BCUT2D eigenvalue weighted by Crippen LogP contribution is 2.25. The van der Waals surface area contributed by atoms with Crippen molar-refractivity contribution in [1.82, 2.24) is 4.90 Å². The smallest absolute Gasteiger partial charge is 0.0440 e. The SMILES string of the molecule is CCN1CCN(c2ccc(C(C)(C)C)cc2P)CC1. The first kappa shape index (κ1) is 14.8. The lowest BCUT2D eigenvalue weighted by Crippen LogP contribution is -2.47.